The summed E-state index contributed by atoms with van der Waals surface area (Å²) in [6.07, 6.45) is 4.20. The zero-order chi connectivity index (χ0) is 14.7. The number of rotatable bonds is 4. The van der Waals surface area contributed by atoms with Crippen LogP contribution < -0.4 is 10.2 Å². The minimum Gasteiger partial charge on any atom is -0.396 e. The van der Waals surface area contributed by atoms with Crippen LogP contribution in [0.1, 0.15) is 41.0 Å². The molecule has 2 rings (SSSR count). The smallest absolute Gasteiger partial charge is 0.263 e. The molecule has 1 aromatic heterocycles. The van der Waals surface area contributed by atoms with Gasteiger partial charge >= 0.3 is 0 Å². The number of thiazole rings is 1. The van der Waals surface area contributed by atoms with Crippen LogP contribution >= 0.6 is 11.3 Å². The van der Waals surface area contributed by atoms with Crippen LogP contribution in [-0.2, 0) is 0 Å². The first kappa shape index (κ1) is 15.3. The van der Waals surface area contributed by atoms with Gasteiger partial charge in [0.1, 0.15) is 4.88 Å². The fraction of sp³-hybridized carbons (Fsp3) is 0.714. The maximum atomic E-state index is 12.4. The Morgan fingerprint density at radius 1 is 1.45 bits per heavy atom. The lowest BCUT2D eigenvalue weighted by Crippen LogP contribution is -2.43. The van der Waals surface area contributed by atoms with Gasteiger partial charge in [0.15, 0.2) is 5.13 Å². The molecule has 0 saturated heterocycles. The van der Waals surface area contributed by atoms with Crippen molar-refractivity contribution in [2.24, 2.45) is 5.92 Å². The van der Waals surface area contributed by atoms with Crippen LogP contribution in [0.5, 0.6) is 0 Å². The van der Waals surface area contributed by atoms with E-state index in [0.29, 0.717) is 4.88 Å². The predicted octanol–water partition coefficient (Wildman–Crippen LogP) is 1.80. The molecule has 2 unspecified atom stereocenters. The molecule has 1 saturated carbocycles. The van der Waals surface area contributed by atoms with Crippen LogP contribution in [0.3, 0.4) is 0 Å². The van der Waals surface area contributed by atoms with Crippen molar-refractivity contribution in [1.82, 2.24) is 10.3 Å². The van der Waals surface area contributed by atoms with Crippen molar-refractivity contribution in [2.75, 3.05) is 25.6 Å². The highest BCUT2D eigenvalue weighted by molar-refractivity contribution is 7.17. The third kappa shape index (κ3) is 3.30. The molecule has 0 spiro atoms. The van der Waals surface area contributed by atoms with Crippen molar-refractivity contribution in [3.05, 3.63) is 10.6 Å². The molecule has 2 atom stereocenters. The lowest BCUT2D eigenvalue weighted by atomic mass is 9.85. The van der Waals surface area contributed by atoms with Crippen molar-refractivity contribution in [3.8, 4) is 0 Å². The van der Waals surface area contributed by atoms with Crippen LogP contribution in [0.2, 0.25) is 0 Å². The molecule has 0 aromatic carbocycles. The molecule has 0 aliphatic heterocycles. The number of aliphatic hydroxyl groups is 1. The van der Waals surface area contributed by atoms with Crippen molar-refractivity contribution in [1.29, 1.82) is 0 Å². The fourth-order valence-electron chi connectivity index (χ4n) is 2.63. The molecule has 5 nitrogen and oxygen atoms in total. The molecular formula is C14H23N3O2S. The summed E-state index contributed by atoms with van der Waals surface area (Å²) in [7, 11) is 3.84. The van der Waals surface area contributed by atoms with Gasteiger partial charge in [0.2, 0.25) is 0 Å². The first-order chi connectivity index (χ1) is 9.52. The Morgan fingerprint density at radius 2 is 2.15 bits per heavy atom. The van der Waals surface area contributed by atoms with Crippen molar-refractivity contribution in [3.63, 3.8) is 0 Å². The van der Waals surface area contributed by atoms with Gasteiger partial charge in [-0.3, -0.25) is 4.79 Å². The lowest BCUT2D eigenvalue weighted by Gasteiger charge is -2.30. The average molecular weight is 297 g/mol. The standard InChI is InChI=1S/C14H23N3O2S/c1-9-12(20-14(15-9)17(2)3)13(19)16-11-7-5-4-6-10(11)8-18/h10-11,18H,4-8H2,1-3H3,(H,16,19). The Morgan fingerprint density at radius 3 is 2.75 bits per heavy atom. The third-order valence-corrected chi connectivity index (χ3v) is 5.16. The zero-order valence-corrected chi connectivity index (χ0v) is 13.2. The van der Waals surface area contributed by atoms with Crippen LogP contribution in [0.4, 0.5) is 5.13 Å². The molecule has 0 bridgehead atoms. The van der Waals surface area contributed by atoms with Crippen molar-refractivity contribution < 1.29 is 9.90 Å². The second kappa shape index (κ2) is 6.54. The van der Waals surface area contributed by atoms with Gasteiger partial charge < -0.3 is 15.3 Å². The summed E-state index contributed by atoms with van der Waals surface area (Å²) < 4.78 is 0. The van der Waals surface area contributed by atoms with Gasteiger partial charge in [-0.1, -0.05) is 24.2 Å². The van der Waals surface area contributed by atoms with E-state index in [0.717, 1.165) is 36.5 Å². The number of nitrogens with zero attached hydrogens (tertiary/aromatic N) is 2. The maximum Gasteiger partial charge on any atom is 0.263 e. The average Bonchev–Trinajstić information content (AvgIpc) is 2.82. The van der Waals surface area contributed by atoms with Gasteiger partial charge in [-0.2, -0.15) is 0 Å². The number of hydrogen-bond acceptors (Lipinski definition) is 5. The lowest BCUT2D eigenvalue weighted by molar-refractivity contribution is 0.0876. The number of hydrogen-bond donors (Lipinski definition) is 2. The summed E-state index contributed by atoms with van der Waals surface area (Å²) >= 11 is 1.41. The van der Waals surface area contributed by atoms with Crippen LogP contribution in [-0.4, -0.2) is 42.7 Å². The molecular weight excluding hydrogens is 274 g/mol. The van der Waals surface area contributed by atoms with Gasteiger partial charge in [-0.15, -0.1) is 0 Å². The van der Waals surface area contributed by atoms with E-state index in [1.54, 1.807) is 0 Å². The second-order valence-corrected chi connectivity index (χ2v) is 6.59. The Hall–Kier alpha value is -1.14. The number of nitrogens with one attached hydrogen (secondary N) is 1. The van der Waals surface area contributed by atoms with Crippen molar-refractivity contribution in [2.45, 2.75) is 38.6 Å². The molecule has 6 heteroatoms. The summed E-state index contributed by atoms with van der Waals surface area (Å²) in [6.45, 7) is 2.01. The normalized spacial score (nSPS) is 22.6. The quantitative estimate of drug-likeness (QED) is 0.889. The topological polar surface area (TPSA) is 65.5 Å². The van der Waals surface area contributed by atoms with E-state index in [1.165, 1.54) is 11.3 Å². The highest BCUT2D eigenvalue weighted by Crippen LogP contribution is 2.27. The number of aliphatic hydroxyl groups excluding tert-OH is 1. The summed E-state index contributed by atoms with van der Waals surface area (Å²) in [4.78, 5) is 19.4. The SMILES string of the molecule is Cc1nc(N(C)C)sc1C(=O)NC1CCCCC1CO. The number of aromatic nitrogens is 1. The van der Waals surface area contributed by atoms with E-state index < -0.39 is 0 Å². The molecule has 1 aliphatic rings. The highest BCUT2D eigenvalue weighted by Gasteiger charge is 2.27. The number of carbonyl (C=O) groups excluding carboxylic acids is 1. The zero-order valence-electron chi connectivity index (χ0n) is 12.3. The molecule has 2 N–H and O–H groups in total. The van der Waals surface area contributed by atoms with Gasteiger partial charge in [0.25, 0.3) is 5.91 Å². The van der Waals surface area contributed by atoms with Gasteiger partial charge in [0.05, 0.1) is 5.69 Å². The highest BCUT2D eigenvalue weighted by atomic mass is 32.1. The Labute approximate surface area is 124 Å². The second-order valence-electron chi connectivity index (χ2n) is 5.61. The molecule has 1 aliphatic carbocycles. The number of anilines is 1. The molecule has 1 heterocycles. The van der Waals surface area contributed by atoms with Crippen molar-refractivity contribution >= 4 is 22.4 Å². The largest absolute Gasteiger partial charge is 0.396 e. The summed E-state index contributed by atoms with van der Waals surface area (Å²) in [5, 5.41) is 13.3. The molecule has 0 radical (unpaired) electrons. The number of carbonyl (C=O) groups is 1. The fourth-order valence-corrected chi connectivity index (χ4v) is 3.53. The van der Waals surface area contributed by atoms with Gasteiger partial charge in [-0.25, -0.2) is 4.98 Å². The minimum absolute atomic E-state index is 0.0570. The molecule has 1 aromatic rings. The molecule has 112 valence electrons. The van der Waals surface area contributed by atoms with Gasteiger partial charge in [0, 0.05) is 32.7 Å². The minimum atomic E-state index is -0.0570. The van der Waals surface area contributed by atoms with E-state index in [2.05, 4.69) is 10.3 Å². The molecule has 1 fully saturated rings. The van der Waals surface area contributed by atoms with Crippen LogP contribution in [0, 0.1) is 12.8 Å². The Balaban J connectivity index is 2.07. The van der Waals surface area contributed by atoms with Crippen LogP contribution in [0.15, 0.2) is 0 Å². The molecule has 1 amide bonds. The van der Waals surface area contributed by atoms with E-state index in [9.17, 15) is 9.90 Å². The summed E-state index contributed by atoms with van der Waals surface area (Å²) in [5.41, 5.74) is 0.771. The summed E-state index contributed by atoms with van der Waals surface area (Å²) in [5.74, 6) is 0.132. The predicted molar refractivity (Wildman–Crippen MR) is 81.5 cm³/mol. The van der Waals surface area contributed by atoms with E-state index in [-0.39, 0.29) is 24.5 Å². The number of amides is 1. The first-order valence-corrected chi connectivity index (χ1v) is 7.91. The maximum absolute atomic E-state index is 12.4. The van der Waals surface area contributed by atoms with Crippen LogP contribution in [0.25, 0.3) is 0 Å². The Bertz CT molecular complexity index is 473. The van der Waals surface area contributed by atoms with E-state index in [4.69, 9.17) is 0 Å². The Kier molecular flexibility index (Phi) is 4.99. The van der Waals surface area contributed by atoms with E-state index >= 15 is 0 Å². The van der Waals surface area contributed by atoms with Gasteiger partial charge in [-0.05, 0) is 19.8 Å². The van der Waals surface area contributed by atoms with E-state index in [1.807, 2.05) is 25.9 Å². The third-order valence-electron chi connectivity index (χ3n) is 3.83. The number of aryl methyl sites for hydroxylation is 1. The molecule has 20 heavy (non-hydrogen) atoms. The summed E-state index contributed by atoms with van der Waals surface area (Å²) in [6, 6.07) is 0.0885. The first-order valence-electron chi connectivity index (χ1n) is 7.09. The monoisotopic (exact) mass is 297 g/mol.